The summed E-state index contributed by atoms with van der Waals surface area (Å²) in [6.07, 6.45) is 0.737. The van der Waals surface area contributed by atoms with Gasteiger partial charge in [0.2, 0.25) is 5.76 Å². The number of benzene rings is 2. The van der Waals surface area contributed by atoms with Crippen LogP contribution in [0.25, 0.3) is 11.0 Å². The van der Waals surface area contributed by atoms with Gasteiger partial charge in [0.1, 0.15) is 11.4 Å². The smallest absolute Gasteiger partial charge is 0.290 e. The average molecular weight is 381 g/mol. The highest BCUT2D eigenvalue weighted by Crippen LogP contribution is 2.38. The van der Waals surface area contributed by atoms with Gasteiger partial charge in [-0.05, 0) is 18.2 Å². The van der Waals surface area contributed by atoms with Gasteiger partial charge < -0.3 is 14.2 Å². The minimum absolute atomic E-state index is 0.0224. The third-order valence-corrected chi connectivity index (χ3v) is 5.15. The van der Waals surface area contributed by atoms with Crippen molar-refractivity contribution in [1.29, 1.82) is 0 Å². The van der Waals surface area contributed by atoms with Crippen LogP contribution in [0.5, 0.6) is 0 Å². The number of hydrogen-bond donors (Lipinski definition) is 1. The van der Waals surface area contributed by atoms with Crippen molar-refractivity contribution in [3.63, 3.8) is 0 Å². The molecule has 1 amide bonds. The molecule has 144 valence electrons. The van der Waals surface area contributed by atoms with E-state index in [1.54, 1.807) is 47.4 Å². The Morgan fingerprint density at radius 2 is 1.79 bits per heavy atom. The fourth-order valence-corrected chi connectivity index (χ4v) is 3.82. The molecule has 0 aliphatic carbocycles. The van der Waals surface area contributed by atoms with E-state index in [2.05, 4.69) is 0 Å². The predicted octanol–water partition coefficient (Wildman–Crippen LogP) is 2.01. The van der Waals surface area contributed by atoms with E-state index in [4.69, 9.17) is 4.42 Å². The lowest BCUT2D eigenvalue weighted by Gasteiger charge is -2.25. The number of nitrogens with one attached hydrogen (secondary N) is 1. The molecule has 6 heteroatoms. The lowest BCUT2D eigenvalue weighted by Crippen LogP contribution is -3.05. The molecule has 0 radical (unpaired) electrons. The lowest BCUT2D eigenvalue weighted by molar-refractivity contribution is -0.858. The van der Waals surface area contributed by atoms with Crippen LogP contribution in [0, 0.1) is 5.82 Å². The van der Waals surface area contributed by atoms with E-state index >= 15 is 0 Å². The second kappa shape index (κ2) is 7.20. The van der Waals surface area contributed by atoms with Gasteiger partial charge in [-0.1, -0.05) is 30.3 Å². The first-order valence-electron chi connectivity index (χ1n) is 9.39. The Balaban J connectivity index is 1.89. The predicted molar refractivity (Wildman–Crippen MR) is 104 cm³/mol. The number of quaternary nitrogens is 1. The van der Waals surface area contributed by atoms with Crippen LogP contribution in [0.1, 0.15) is 34.1 Å². The van der Waals surface area contributed by atoms with Crippen molar-refractivity contribution in [2.75, 3.05) is 27.2 Å². The fourth-order valence-electron chi connectivity index (χ4n) is 3.82. The molecule has 1 N–H and O–H groups in total. The summed E-state index contributed by atoms with van der Waals surface area (Å²) in [6, 6.07) is 12.3. The molecule has 0 fully saturated rings. The van der Waals surface area contributed by atoms with Gasteiger partial charge in [-0.15, -0.1) is 0 Å². The molecule has 1 aromatic heterocycles. The maximum absolute atomic E-state index is 14.7. The number of halogens is 1. The topological polar surface area (TPSA) is 55.0 Å². The van der Waals surface area contributed by atoms with Gasteiger partial charge >= 0.3 is 0 Å². The Labute approximate surface area is 162 Å². The van der Waals surface area contributed by atoms with E-state index in [9.17, 15) is 14.0 Å². The highest BCUT2D eigenvalue weighted by Gasteiger charge is 2.43. The molecule has 2 aromatic carbocycles. The molecule has 1 aliphatic rings. The molecule has 1 aliphatic heterocycles. The van der Waals surface area contributed by atoms with Gasteiger partial charge in [-0.25, -0.2) is 4.39 Å². The third-order valence-electron chi connectivity index (χ3n) is 5.15. The number of amides is 1. The van der Waals surface area contributed by atoms with Crippen molar-refractivity contribution in [2.24, 2.45) is 0 Å². The monoisotopic (exact) mass is 381 g/mol. The van der Waals surface area contributed by atoms with Crippen molar-refractivity contribution in [3.05, 3.63) is 81.5 Å². The first kappa shape index (κ1) is 18.4. The van der Waals surface area contributed by atoms with Crippen molar-refractivity contribution >= 4 is 16.9 Å². The highest BCUT2D eigenvalue weighted by molar-refractivity contribution is 5.99. The van der Waals surface area contributed by atoms with Crippen LogP contribution in [-0.4, -0.2) is 38.0 Å². The first-order valence-corrected chi connectivity index (χ1v) is 9.39. The molecule has 4 rings (SSSR count). The quantitative estimate of drug-likeness (QED) is 0.736. The molecule has 2 heterocycles. The SMILES string of the molecule is C[NH+](C)CCCN1C(=O)c2oc3ccccc3c(=O)c2[C@H]1c1ccccc1F. The van der Waals surface area contributed by atoms with Gasteiger partial charge in [0.15, 0.2) is 5.43 Å². The number of nitrogens with zero attached hydrogens (tertiary/aromatic N) is 1. The summed E-state index contributed by atoms with van der Waals surface area (Å²) >= 11 is 0. The molecular formula is C22H22FN2O3+. The zero-order chi connectivity index (χ0) is 19.8. The number of rotatable bonds is 5. The second-order valence-electron chi connectivity index (χ2n) is 7.40. The van der Waals surface area contributed by atoms with Gasteiger partial charge in [0, 0.05) is 18.5 Å². The number of hydrogen-bond acceptors (Lipinski definition) is 3. The molecule has 0 saturated heterocycles. The summed E-state index contributed by atoms with van der Waals surface area (Å²) in [4.78, 5) is 29.2. The number of para-hydroxylation sites is 1. The lowest BCUT2D eigenvalue weighted by atomic mass is 9.98. The molecular weight excluding hydrogens is 359 g/mol. The van der Waals surface area contributed by atoms with E-state index in [1.165, 1.54) is 11.0 Å². The molecule has 5 nitrogen and oxygen atoms in total. The van der Waals surface area contributed by atoms with E-state index in [0.717, 1.165) is 13.0 Å². The summed E-state index contributed by atoms with van der Waals surface area (Å²) in [5.74, 6) is -0.780. The zero-order valence-electron chi connectivity index (χ0n) is 15.9. The summed E-state index contributed by atoms with van der Waals surface area (Å²) in [5, 5.41) is 0.398. The van der Waals surface area contributed by atoms with Crippen molar-refractivity contribution in [2.45, 2.75) is 12.5 Å². The van der Waals surface area contributed by atoms with Crippen LogP contribution in [0.2, 0.25) is 0 Å². The summed E-state index contributed by atoms with van der Waals surface area (Å²) in [7, 11) is 4.07. The Bertz CT molecular complexity index is 1110. The number of carbonyl (C=O) groups is 1. The van der Waals surface area contributed by atoms with E-state index < -0.39 is 11.9 Å². The van der Waals surface area contributed by atoms with Gasteiger partial charge in [-0.3, -0.25) is 9.59 Å². The Morgan fingerprint density at radius 1 is 1.07 bits per heavy atom. The summed E-state index contributed by atoms with van der Waals surface area (Å²) in [5.41, 5.74) is 0.631. The minimum Gasteiger partial charge on any atom is -0.450 e. The van der Waals surface area contributed by atoms with Crippen molar-refractivity contribution in [1.82, 2.24) is 4.90 Å². The second-order valence-corrected chi connectivity index (χ2v) is 7.40. The number of fused-ring (bicyclic) bond motifs is 2. The van der Waals surface area contributed by atoms with E-state index in [0.29, 0.717) is 23.1 Å². The molecule has 0 bridgehead atoms. The largest absolute Gasteiger partial charge is 0.450 e. The van der Waals surface area contributed by atoms with Crippen molar-refractivity contribution < 1.29 is 18.5 Å². The normalized spacial score (nSPS) is 16.2. The van der Waals surface area contributed by atoms with Crippen LogP contribution in [0.4, 0.5) is 4.39 Å². The van der Waals surface area contributed by atoms with Gasteiger partial charge in [0.25, 0.3) is 5.91 Å². The maximum atomic E-state index is 14.7. The molecule has 0 saturated carbocycles. The zero-order valence-corrected chi connectivity index (χ0v) is 15.9. The molecule has 0 spiro atoms. The standard InChI is InChI=1S/C22H21FN2O3/c1-24(2)12-7-13-25-19(14-8-3-5-10-16(14)23)18-20(26)15-9-4-6-11-17(15)28-21(18)22(25)27/h3-6,8-11,19H,7,12-13H2,1-2H3/p+1/t19-/m1/s1. The first-order chi connectivity index (χ1) is 13.5. The van der Waals surface area contributed by atoms with Crippen LogP contribution in [0.15, 0.2) is 57.7 Å². The average Bonchev–Trinajstić information content (AvgIpc) is 2.95. The van der Waals surface area contributed by atoms with E-state index in [1.807, 2.05) is 14.1 Å². The van der Waals surface area contributed by atoms with Crippen LogP contribution >= 0.6 is 0 Å². The third kappa shape index (κ3) is 2.99. The van der Waals surface area contributed by atoms with Gasteiger partial charge in [0.05, 0.1) is 37.6 Å². The van der Waals surface area contributed by atoms with Crippen LogP contribution in [0.3, 0.4) is 0 Å². The fraction of sp³-hybridized carbons (Fsp3) is 0.273. The maximum Gasteiger partial charge on any atom is 0.290 e. The summed E-state index contributed by atoms with van der Waals surface area (Å²) < 4.78 is 20.5. The Kier molecular flexibility index (Phi) is 4.73. The molecule has 1 atom stereocenters. The van der Waals surface area contributed by atoms with Crippen LogP contribution in [-0.2, 0) is 0 Å². The molecule has 28 heavy (non-hydrogen) atoms. The number of carbonyl (C=O) groups excluding carboxylic acids is 1. The Hall–Kier alpha value is -2.99. The molecule has 3 aromatic rings. The highest BCUT2D eigenvalue weighted by atomic mass is 19.1. The molecule has 0 unspecified atom stereocenters. The van der Waals surface area contributed by atoms with E-state index in [-0.39, 0.29) is 22.7 Å². The summed E-state index contributed by atoms with van der Waals surface area (Å²) in [6.45, 7) is 1.27. The Morgan fingerprint density at radius 3 is 2.54 bits per heavy atom. The van der Waals surface area contributed by atoms with Crippen LogP contribution < -0.4 is 10.3 Å². The van der Waals surface area contributed by atoms with Gasteiger partial charge in [-0.2, -0.15) is 0 Å². The minimum atomic E-state index is -0.776. The van der Waals surface area contributed by atoms with Crippen molar-refractivity contribution in [3.8, 4) is 0 Å².